The molecule has 3 aliphatic heterocycles. The summed E-state index contributed by atoms with van der Waals surface area (Å²) in [6, 6.07) is 10.0. The Morgan fingerprint density at radius 3 is 2.96 bits per heavy atom. The molecular weight excluding hydrogens is 320 g/mol. The number of methoxy groups -OCH3 is 1. The number of hydrogen-bond acceptors (Lipinski definition) is 6. The summed E-state index contributed by atoms with van der Waals surface area (Å²) >= 11 is 0. The van der Waals surface area contributed by atoms with E-state index in [1.54, 1.807) is 13.3 Å². The smallest absolute Gasteiger partial charge is 0.231 e. The molecule has 4 heterocycles. The average Bonchev–Trinajstić information content (AvgIpc) is 3.17. The van der Waals surface area contributed by atoms with E-state index in [2.05, 4.69) is 23.2 Å². The lowest BCUT2D eigenvalue weighted by Crippen LogP contribution is -2.50. The van der Waals surface area contributed by atoms with Crippen molar-refractivity contribution in [3.8, 4) is 17.2 Å². The first-order valence-electron chi connectivity index (χ1n) is 8.36. The van der Waals surface area contributed by atoms with E-state index in [1.807, 2.05) is 29.3 Å². The standard InChI is InChI=1S/C19H18N2O4/c1-22-16-8-12(9-17-19(16)24-11-23-17)14-10-13-5-6-15(14)21(25-13)18-4-2-3-7-20-18/h2-9,13-15H,10-11H2,1H3/t13-,14-,15+/m1/s1. The van der Waals surface area contributed by atoms with Gasteiger partial charge in [0.25, 0.3) is 0 Å². The highest BCUT2D eigenvalue weighted by Crippen LogP contribution is 2.47. The van der Waals surface area contributed by atoms with Crippen LogP contribution in [-0.4, -0.2) is 31.0 Å². The van der Waals surface area contributed by atoms with Crippen LogP contribution in [0.1, 0.15) is 17.9 Å². The van der Waals surface area contributed by atoms with Crippen molar-refractivity contribution in [1.82, 2.24) is 4.98 Å². The summed E-state index contributed by atoms with van der Waals surface area (Å²) in [4.78, 5) is 10.5. The zero-order valence-electron chi connectivity index (χ0n) is 13.8. The van der Waals surface area contributed by atoms with Crippen LogP contribution in [0.15, 0.2) is 48.7 Å². The molecule has 0 saturated carbocycles. The molecule has 6 nitrogen and oxygen atoms in total. The van der Waals surface area contributed by atoms with Crippen LogP contribution in [0.2, 0.25) is 0 Å². The molecule has 1 saturated heterocycles. The monoisotopic (exact) mass is 338 g/mol. The van der Waals surface area contributed by atoms with Gasteiger partial charge in [-0.3, -0.25) is 4.84 Å². The van der Waals surface area contributed by atoms with Crippen LogP contribution in [0.3, 0.4) is 0 Å². The van der Waals surface area contributed by atoms with E-state index in [9.17, 15) is 0 Å². The maximum atomic E-state index is 6.07. The zero-order chi connectivity index (χ0) is 16.8. The summed E-state index contributed by atoms with van der Waals surface area (Å²) < 4.78 is 16.6. The van der Waals surface area contributed by atoms with Crippen LogP contribution >= 0.6 is 0 Å². The van der Waals surface area contributed by atoms with Crippen molar-refractivity contribution in [3.63, 3.8) is 0 Å². The van der Waals surface area contributed by atoms with E-state index < -0.39 is 0 Å². The van der Waals surface area contributed by atoms with E-state index in [0.717, 1.165) is 23.6 Å². The van der Waals surface area contributed by atoms with Crippen molar-refractivity contribution in [1.29, 1.82) is 0 Å². The SMILES string of the molecule is COc1cc([C@H]2C[C@H]3C=C[C@@H]2N(c2ccccn2)O3)cc2c1OCO2. The fourth-order valence-corrected chi connectivity index (χ4v) is 3.76. The predicted octanol–water partition coefficient (Wildman–Crippen LogP) is 3.05. The molecule has 4 aliphatic rings. The molecule has 1 aliphatic carbocycles. The molecule has 0 radical (unpaired) electrons. The van der Waals surface area contributed by atoms with Crippen molar-refractivity contribution in [2.75, 3.05) is 19.0 Å². The molecular formula is C19H18N2O4. The van der Waals surface area contributed by atoms with Gasteiger partial charge in [0.1, 0.15) is 6.10 Å². The average molecular weight is 338 g/mol. The van der Waals surface area contributed by atoms with E-state index in [-0.39, 0.29) is 24.9 Å². The number of nitrogens with zero attached hydrogens (tertiary/aromatic N) is 2. The third-order valence-corrected chi connectivity index (χ3v) is 4.93. The van der Waals surface area contributed by atoms with Gasteiger partial charge in [0.15, 0.2) is 17.3 Å². The molecule has 128 valence electrons. The number of ether oxygens (including phenoxy) is 3. The van der Waals surface area contributed by atoms with Crippen LogP contribution in [0.25, 0.3) is 0 Å². The third-order valence-electron chi connectivity index (χ3n) is 4.93. The lowest BCUT2D eigenvalue weighted by atomic mass is 9.81. The predicted molar refractivity (Wildman–Crippen MR) is 91.0 cm³/mol. The first-order chi connectivity index (χ1) is 12.3. The van der Waals surface area contributed by atoms with Crippen LogP contribution in [0.4, 0.5) is 5.82 Å². The lowest BCUT2D eigenvalue weighted by Gasteiger charge is -2.46. The van der Waals surface area contributed by atoms with E-state index in [4.69, 9.17) is 19.0 Å². The van der Waals surface area contributed by atoms with E-state index in [1.165, 1.54) is 0 Å². The Morgan fingerprint density at radius 2 is 2.16 bits per heavy atom. The molecule has 1 aromatic heterocycles. The molecule has 0 N–H and O–H groups in total. The maximum absolute atomic E-state index is 6.07. The molecule has 0 spiro atoms. The third kappa shape index (κ3) is 2.33. The van der Waals surface area contributed by atoms with Gasteiger partial charge in [0, 0.05) is 12.1 Å². The summed E-state index contributed by atoms with van der Waals surface area (Å²) in [7, 11) is 1.65. The Kier molecular flexibility index (Phi) is 3.31. The van der Waals surface area contributed by atoms with Gasteiger partial charge in [-0.05, 0) is 36.2 Å². The number of pyridine rings is 1. The summed E-state index contributed by atoms with van der Waals surface area (Å²) in [5, 5.41) is 1.91. The minimum absolute atomic E-state index is 0.0356. The van der Waals surface area contributed by atoms with E-state index in [0.29, 0.717) is 11.5 Å². The molecule has 1 aromatic carbocycles. The number of benzene rings is 1. The number of anilines is 1. The highest BCUT2D eigenvalue weighted by molar-refractivity contribution is 5.57. The van der Waals surface area contributed by atoms with Gasteiger partial charge >= 0.3 is 0 Å². The van der Waals surface area contributed by atoms with Crippen LogP contribution in [0.5, 0.6) is 17.2 Å². The molecule has 0 unspecified atom stereocenters. The van der Waals surface area contributed by atoms with E-state index >= 15 is 0 Å². The van der Waals surface area contributed by atoms with Gasteiger partial charge in [-0.25, -0.2) is 10.0 Å². The van der Waals surface area contributed by atoms with Crippen LogP contribution < -0.4 is 19.3 Å². The number of aromatic nitrogens is 1. The van der Waals surface area contributed by atoms with Crippen molar-refractivity contribution >= 4 is 5.82 Å². The quantitative estimate of drug-likeness (QED) is 0.802. The largest absolute Gasteiger partial charge is 0.493 e. The number of rotatable bonds is 3. The second-order valence-corrected chi connectivity index (χ2v) is 6.33. The van der Waals surface area contributed by atoms with Crippen molar-refractivity contribution in [2.45, 2.75) is 24.5 Å². The molecule has 25 heavy (non-hydrogen) atoms. The van der Waals surface area contributed by atoms with Gasteiger partial charge in [-0.15, -0.1) is 0 Å². The summed E-state index contributed by atoms with van der Waals surface area (Å²) in [6.07, 6.45) is 7.06. The van der Waals surface area contributed by atoms with Gasteiger partial charge < -0.3 is 14.2 Å². The minimum Gasteiger partial charge on any atom is -0.493 e. The number of hydrogen-bond donors (Lipinski definition) is 0. The molecule has 2 aromatic rings. The second kappa shape index (κ2) is 5.67. The summed E-state index contributed by atoms with van der Waals surface area (Å²) in [5.74, 6) is 3.21. The fourth-order valence-electron chi connectivity index (χ4n) is 3.76. The second-order valence-electron chi connectivity index (χ2n) is 6.33. The van der Waals surface area contributed by atoms with Crippen molar-refractivity contribution in [2.24, 2.45) is 0 Å². The Hall–Kier alpha value is -2.73. The van der Waals surface area contributed by atoms with Crippen LogP contribution in [-0.2, 0) is 4.84 Å². The topological polar surface area (TPSA) is 53.1 Å². The lowest BCUT2D eigenvalue weighted by molar-refractivity contribution is -0.00806. The first-order valence-corrected chi connectivity index (χ1v) is 8.36. The molecule has 0 amide bonds. The molecule has 6 heteroatoms. The van der Waals surface area contributed by atoms with Crippen molar-refractivity contribution in [3.05, 3.63) is 54.2 Å². The Morgan fingerprint density at radius 1 is 1.20 bits per heavy atom. The number of hydroxylamine groups is 1. The molecule has 1 fully saturated rings. The summed E-state index contributed by atoms with van der Waals surface area (Å²) in [6.45, 7) is 0.231. The minimum atomic E-state index is 0.0356. The molecule has 2 bridgehead atoms. The van der Waals surface area contributed by atoms with Gasteiger partial charge in [-0.2, -0.15) is 0 Å². The highest BCUT2D eigenvalue weighted by Gasteiger charge is 2.41. The van der Waals surface area contributed by atoms with Crippen molar-refractivity contribution < 1.29 is 19.0 Å². The van der Waals surface area contributed by atoms with Crippen LogP contribution in [0, 0.1) is 0 Å². The highest BCUT2D eigenvalue weighted by atomic mass is 16.7. The summed E-state index contributed by atoms with van der Waals surface area (Å²) in [5.41, 5.74) is 1.16. The fraction of sp³-hybridized carbons (Fsp3) is 0.316. The van der Waals surface area contributed by atoms with Gasteiger partial charge in [0.2, 0.25) is 12.5 Å². The van der Waals surface area contributed by atoms with Gasteiger partial charge in [-0.1, -0.05) is 18.2 Å². The Bertz CT molecular complexity index is 824. The Labute approximate surface area is 145 Å². The Balaban J connectivity index is 1.54. The number of fused-ring (bicyclic) bond motifs is 3. The molecule has 6 rings (SSSR count). The normalized spacial score (nSPS) is 26.1. The first kappa shape index (κ1) is 14.6. The van der Waals surface area contributed by atoms with Gasteiger partial charge in [0.05, 0.1) is 13.2 Å². The zero-order valence-corrected chi connectivity index (χ0v) is 13.8. The maximum Gasteiger partial charge on any atom is 0.231 e. The molecule has 3 atom stereocenters.